The molecule has 2 aromatic rings. The fourth-order valence-electron chi connectivity index (χ4n) is 3.98. The van der Waals surface area contributed by atoms with Gasteiger partial charge in [-0.1, -0.05) is 11.3 Å². The number of carbonyl (C=O) groups is 3. The van der Waals surface area contributed by atoms with Crippen LogP contribution in [0.2, 0.25) is 0 Å². The number of urea groups is 1. The number of imide groups is 1. The lowest BCUT2D eigenvalue weighted by Crippen LogP contribution is -2.50. The van der Waals surface area contributed by atoms with Crippen molar-refractivity contribution in [2.75, 3.05) is 18.5 Å². The van der Waals surface area contributed by atoms with E-state index in [0.29, 0.717) is 55.5 Å². The van der Waals surface area contributed by atoms with E-state index in [1.54, 1.807) is 0 Å². The van der Waals surface area contributed by atoms with E-state index >= 15 is 0 Å². The van der Waals surface area contributed by atoms with E-state index in [4.69, 9.17) is 9.47 Å². The summed E-state index contributed by atoms with van der Waals surface area (Å²) in [6.45, 7) is 1.02. The number of rotatable bonds is 2. The Morgan fingerprint density at radius 1 is 1.18 bits per heavy atom. The number of aromatic nitrogens is 1. The van der Waals surface area contributed by atoms with Crippen LogP contribution in [0.1, 0.15) is 25.7 Å². The van der Waals surface area contributed by atoms with Crippen molar-refractivity contribution in [2.24, 2.45) is 5.92 Å². The van der Waals surface area contributed by atoms with Crippen LogP contribution in [0.5, 0.6) is 11.5 Å². The Labute approximate surface area is 163 Å². The quantitative estimate of drug-likeness (QED) is 0.659. The zero-order valence-corrected chi connectivity index (χ0v) is 15.7. The number of nitrogens with one attached hydrogen (secondary N) is 3. The molecular weight excluding hydrogens is 384 g/mol. The van der Waals surface area contributed by atoms with E-state index in [2.05, 4.69) is 20.9 Å². The van der Waals surface area contributed by atoms with Gasteiger partial charge in [0.25, 0.3) is 5.91 Å². The molecule has 9 nitrogen and oxygen atoms in total. The molecule has 1 saturated heterocycles. The molecule has 28 heavy (non-hydrogen) atoms. The van der Waals surface area contributed by atoms with Gasteiger partial charge in [-0.3, -0.25) is 14.9 Å². The lowest BCUT2D eigenvalue weighted by molar-refractivity contribution is -0.128. The van der Waals surface area contributed by atoms with Crippen molar-refractivity contribution in [3.05, 3.63) is 12.1 Å². The van der Waals surface area contributed by atoms with Crippen LogP contribution in [0, 0.1) is 5.92 Å². The minimum Gasteiger partial charge on any atom is -0.486 e. The first-order valence-corrected chi connectivity index (χ1v) is 9.99. The predicted octanol–water partition coefficient (Wildman–Crippen LogP) is 1.77. The number of hydrogen-bond acceptors (Lipinski definition) is 7. The highest BCUT2D eigenvalue weighted by Gasteiger charge is 2.48. The lowest BCUT2D eigenvalue weighted by atomic mass is 9.76. The number of nitrogens with zero attached hydrogens (tertiary/aromatic N) is 1. The molecule has 0 radical (unpaired) electrons. The summed E-state index contributed by atoms with van der Waals surface area (Å²) in [6.07, 6.45) is 1.95. The van der Waals surface area contributed by atoms with Crippen molar-refractivity contribution < 1.29 is 23.9 Å². The minimum absolute atomic E-state index is 0.115. The summed E-state index contributed by atoms with van der Waals surface area (Å²) >= 11 is 1.38. The molecule has 0 atom stereocenters. The maximum absolute atomic E-state index is 12.7. The molecule has 3 heterocycles. The third kappa shape index (κ3) is 2.84. The van der Waals surface area contributed by atoms with E-state index in [0.717, 1.165) is 10.2 Å². The van der Waals surface area contributed by atoms with Crippen LogP contribution < -0.4 is 25.4 Å². The summed E-state index contributed by atoms with van der Waals surface area (Å²) < 4.78 is 12.1. The highest BCUT2D eigenvalue weighted by molar-refractivity contribution is 7.22. The van der Waals surface area contributed by atoms with E-state index in [9.17, 15) is 14.4 Å². The van der Waals surface area contributed by atoms with Crippen LogP contribution in [0.25, 0.3) is 10.2 Å². The van der Waals surface area contributed by atoms with E-state index in [1.165, 1.54) is 11.3 Å². The average molecular weight is 402 g/mol. The smallest absolute Gasteiger partial charge is 0.322 e. The van der Waals surface area contributed by atoms with Crippen molar-refractivity contribution in [1.29, 1.82) is 0 Å². The van der Waals surface area contributed by atoms with Gasteiger partial charge in [-0.25, -0.2) is 9.78 Å². The monoisotopic (exact) mass is 402 g/mol. The van der Waals surface area contributed by atoms with Gasteiger partial charge in [-0.2, -0.15) is 0 Å². The zero-order valence-electron chi connectivity index (χ0n) is 14.9. The molecule has 4 amide bonds. The van der Waals surface area contributed by atoms with Crippen molar-refractivity contribution >= 4 is 44.5 Å². The first kappa shape index (κ1) is 17.2. The summed E-state index contributed by atoms with van der Waals surface area (Å²) in [5.74, 6) is 0.723. The molecule has 3 N–H and O–H groups in total. The number of carbonyl (C=O) groups excluding carboxylic acids is 3. The van der Waals surface area contributed by atoms with Gasteiger partial charge in [-0.05, 0) is 25.7 Å². The van der Waals surface area contributed by atoms with Crippen LogP contribution in [0.4, 0.5) is 9.93 Å². The van der Waals surface area contributed by atoms with Crippen LogP contribution in [0.15, 0.2) is 12.1 Å². The van der Waals surface area contributed by atoms with Crippen LogP contribution in [-0.4, -0.2) is 41.6 Å². The highest BCUT2D eigenvalue weighted by Crippen LogP contribution is 2.39. The van der Waals surface area contributed by atoms with Crippen LogP contribution >= 0.6 is 11.3 Å². The summed E-state index contributed by atoms with van der Waals surface area (Å²) in [5.41, 5.74) is -0.111. The number of benzene rings is 1. The van der Waals surface area contributed by atoms with Gasteiger partial charge in [0.15, 0.2) is 16.6 Å². The molecule has 0 bridgehead atoms. The van der Waals surface area contributed by atoms with Gasteiger partial charge >= 0.3 is 6.03 Å². The van der Waals surface area contributed by atoms with Gasteiger partial charge in [0.2, 0.25) is 5.91 Å². The summed E-state index contributed by atoms with van der Waals surface area (Å²) in [7, 11) is 0. The second kappa shape index (κ2) is 6.33. The molecule has 5 rings (SSSR count). The Morgan fingerprint density at radius 2 is 1.89 bits per heavy atom. The van der Waals surface area contributed by atoms with Crippen molar-refractivity contribution in [3.63, 3.8) is 0 Å². The third-order valence-electron chi connectivity index (χ3n) is 5.51. The molecule has 146 valence electrons. The summed E-state index contributed by atoms with van der Waals surface area (Å²) in [6, 6.07) is 3.24. The van der Waals surface area contributed by atoms with Crippen molar-refractivity contribution in [3.8, 4) is 11.5 Å². The van der Waals surface area contributed by atoms with E-state index in [-0.39, 0.29) is 17.7 Å². The Balaban J connectivity index is 1.27. The SMILES string of the molecule is O=C1NC(=O)C2(CCC(C(=O)Nc3nc4cc5c(cc4s3)OCCO5)CC2)N1. The van der Waals surface area contributed by atoms with Gasteiger partial charge in [-0.15, -0.1) is 0 Å². The molecule has 3 aliphatic rings. The maximum atomic E-state index is 12.7. The number of thiazole rings is 1. The second-order valence-electron chi connectivity index (χ2n) is 7.24. The van der Waals surface area contributed by atoms with Crippen molar-refractivity contribution in [1.82, 2.24) is 15.6 Å². The van der Waals surface area contributed by atoms with E-state index in [1.807, 2.05) is 12.1 Å². The molecular formula is C18H18N4O5S. The predicted molar refractivity (Wildman–Crippen MR) is 101 cm³/mol. The first-order chi connectivity index (χ1) is 13.5. The molecule has 2 fully saturated rings. The Bertz CT molecular complexity index is 952. The number of amides is 4. The number of ether oxygens (including phenoxy) is 2. The second-order valence-corrected chi connectivity index (χ2v) is 8.27. The highest BCUT2D eigenvalue weighted by atomic mass is 32.1. The number of fused-ring (bicyclic) bond motifs is 2. The number of hydrogen-bond donors (Lipinski definition) is 3. The molecule has 1 spiro atoms. The normalized spacial score (nSPS) is 26.2. The van der Waals surface area contributed by atoms with Crippen LogP contribution in [0.3, 0.4) is 0 Å². The fraction of sp³-hybridized carbons (Fsp3) is 0.444. The molecule has 0 unspecified atom stereocenters. The van der Waals surface area contributed by atoms with Gasteiger partial charge < -0.3 is 20.1 Å². The Hall–Kier alpha value is -2.88. The zero-order chi connectivity index (χ0) is 19.3. The van der Waals surface area contributed by atoms with Crippen molar-refractivity contribution in [2.45, 2.75) is 31.2 Å². The van der Waals surface area contributed by atoms with Gasteiger partial charge in [0.05, 0.1) is 10.2 Å². The molecule has 1 aliphatic carbocycles. The topological polar surface area (TPSA) is 119 Å². The Morgan fingerprint density at radius 3 is 2.57 bits per heavy atom. The Kier molecular flexibility index (Phi) is 3.90. The van der Waals surface area contributed by atoms with Crippen LogP contribution in [-0.2, 0) is 9.59 Å². The molecule has 10 heteroatoms. The minimum atomic E-state index is -0.858. The van der Waals surface area contributed by atoms with E-state index < -0.39 is 11.6 Å². The summed E-state index contributed by atoms with van der Waals surface area (Å²) in [4.78, 5) is 40.6. The van der Waals surface area contributed by atoms with Gasteiger partial charge in [0, 0.05) is 18.1 Å². The molecule has 1 saturated carbocycles. The first-order valence-electron chi connectivity index (χ1n) is 9.17. The standard InChI is InChI=1S/C18H18N4O5S/c23-14(9-1-3-18(4-2-9)15(24)21-16(25)22-18)20-17-19-10-7-11-12(8-13(10)28-17)27-6-5-26-11/h7-9H,1-6H2,(H,19,20,23)(H2,21,22,24,25). The molecule has 1 aromatic heterocycles. The average Bonchev–Trinajstić information content (AvgIpc) is 3.19. The molecule has 1 aromatic carbocycles. The third-order valence-corrected chi connectivity index (χ3v) is 6.44. The number of anilines is 1. The lowest BCUT2D eigenvalue weighted by Gasteiger charge is -2.33. The largest absolute Gasteiger partial charge is 0.486 e. The maximum Gasteiger partial charge on any atom is 0.322 e. The fourth-order valence-corrected chi connectivity index (χ4v) is 4.86. The van der Waals surface area contributed by atoms with Gasteiger partial charge in [0.1, 0.15) is 18.8 Å². The molecule has 2 aliphatic heterocycles. The summed E-state index contributed by atoms with van der Waals surface area (Å²) in [5, 5.41) is 8.40.